The van der Waals surface area contributed by atoms with Crippen molar-refractivity contribution in [3.8, 4) is 0 Å². The maximum absolute atomic E-state index is 11.1. The zero-order valence-electron chi connectivity index (χ0n) is 7.89. The highest BCUT2D eigenvalue weighted by Gasteiger charge is 2.13. The molecule has 1 rings (SSSR count). The van der Waals surface area contributed by atoms with Crippen LogP contribution in [-0.2, 0) is 4.74 Å². The molecule has 0 aliphatic heterocycles. The maximum atomic E-state index is 11.1. The molecule has 1 N–H and O–H groups in total. The van der Waals surface area contributed by atoms with Gasteiger partial charge in [0.25, 0.3) is 0 Å². The van der Waals surface area contributed by atoms with Gasteiger partial charge in [-0.05, 0) is 18.2 Å². The second-order valence-corrected chi connectivity index (χ2v) is 2.72. The SMILES string of the molecule is COC(=O)c1ccc(C=O)c(C(=O)O)c1. The lowest BCUT2D eigenvalue weighted by atomic mass is 10.1. The molecule has 0 unspecified atom stereocenters. The van der Waals surface area contributed by atoms with Gasteiger partial charge in [-0.3, -0.25) is 4.79 Å². The number of methoxy groups -OCH3 is 1. The van der Waals surface area contributed by atoms with E-state index in [-0.39, 0.29) is 16.7 Å². The molecule has 0 saturated heterocycles. The number of aromatic carboxylic acids is 1. The largest absolute Gasteiger partial charge is 0.478 e. The van der Waals surface area contributed by atoms with Gasteiger partial charge in [-0.2, -0.15) is 0 Å². The number of carbonyl (C=O) groups is 3. The predicted molar refractivity (Wildman–Crippen MR) is 50.1 cm³/mol. The van der Waals surface area contributed by atoms with Crippen LogP contribution in [-0.4, -0.2) is 30.4 Å². The standard InChI is InChI=1S/C10H8O5/c1-15-10(14)6-2-3-7(5-11)8(4-6)9(12)13/h2-5H,1H3,(H,12,13). The number of esters is 1. The lowest BCUT2D eigenvalue weighted by Crippen LogP contribution is -2.07. The first-order chi connectivity index (χ1) is 7.10. The molecule has 5 heteroatoms. The first kappa shape index (κ1) is 10.9. The van der Waals surface area contributed by atoms with E-state index in [1.54, 1.807) is 0 Å². The highest BCUT2D eigenvalue weighted by Crippen LogP contribution is 2.11. The Bertz CT molecular complexity index is 422. The van der Waals surface area contributed by atoms with Crippen molar-refractivity contribution in [1.82, 2.24) is 0 Å². The summed E-state index contributed by atoms with van der Waals surface area (Å²) in [4.78, 5) is 32.3. The summed E-state index contributed by atoms with van der Waals surface area (Å²) in [6, 6.07) is 3.71. The van der Waals surface area contributed by atoms with Gasteiger partial charge in [0.1, 0.15) is 0 Å². The van der Waals surface area contributed by atoms with Gasteiger partial charge in [0.2, 0.25) is 0 Å². The number of aldehydes is 1. The predicted octanol–water partition coefficient (Wildman–Crippen LogP) is 0.984. The topological polar surface area (TPSA) is 80.7 Å². The van der Waals surface area contributed by atoms with E-state index in [0.29, 0.717) is 6.29 Å². The van der Waals surface area contributed by atoms with Crippen LogP contribution in [0.5, 0.6) is 0 Å². The number of hydrogen-bond acceptors (Lipinski definition) is 4. The van der Waals surface area contributed by atoms with Crippen LogP contribution in [0.15, 0.2) is 18.2 Å². The van der Waals surface area contributed by atoms with Gasteiger partial charge in [0.15, 0.2) is 6.29 Å². The van der Waals surface area contributed by atoms with Gasteiger partial charge in [-0.1, -0.05) is 0 Å². The fraction of sp³-hybridized carbons (Fsp3) is 0.100. The fourth-order valence-electron chi connectivity index (χ4n) is 1.09. The number of hydrogen-bond donors (Lipinski definition) is 1. The molecular weight excluding hydrogens is 200 g/mol. The van der Waals surface area contributed by atoms with Gasteiger partial charge in [0.05, 0.1) is 18.2 Å². The van der Waals surface area contributed by atoms with Crippen molar-refractivity contribution in [2.24, 2.45) is 0 Å². The lowest BCUT2D eigenvalue weighted by molar-refractivity contribution is 0.0600. The molecule has 0 aliphatic rings. The molecular formula is C10H8O5. The summed E-state index contributed by atoms with van der Waals surface area (Å²) >= 11 is 0. The third kappa shape index (κ3) is 2.19. The number of ether oxygens (including phenoxy) is 1. The molecule has 0 aromatic heterocycles. The highest BCUT2D eigenvalue weighted by molar-refractivity contribution is 6.00. The van der Waals surface area contributed by atoms with E-state index in [2.05, 4.69) is 4.74 Å². The van der Waals surface area contributed by atoms with Crippen LogP contribution in [0, 0.1) is 0 Å². The first-order valence-electron chi connectivity index (χ1n) is 4.01. The Morgan fingerprint density at radius 2 is 2.07 bits per heavy atom. The van der Waals surface area contributed by atoms with Gasteiger partial charge in [0, 0.05) is 5.56 Å². The molecule has 0 radical (unpaired) electrons. The Kier molecular flexibility index (Phi) is 3.17. The van der Waals surface area contributed by atoms with Crippen LogP contribution < -0.4 is 0 Å². The van der Waals surface area contributed by atoms with Crippen molar-refractivity contribution in [3.05, 3.63) is 34.9 Å². The second-order valence-electron chi connectivity index (χ2n) is 2.72. The van der Waals surface area contributed by atoms with Crippen LogP contribution in [0.3, 0.4) is 0 Å². The molecule has 1 aromatic carbocycles. The Balaban J connectivity index is 3.27. The smallest absolute Gasteiger partial charge is 0.337 e. The maximum Gasteiger partial charge on any atom is 0.337 e. The average molecular weight is 208 g/mol. The number of benzene rings is 1. The van der Waals surface area contributed by atoms with E-state index in [0.717, 1.165) is 6.07 Å². The molecule has 0 atom stereocenters. The number of carboxylic acid groups (broad SMARTS) is 1. The fourth-order valence-corrected chi connectivity index (χ4v) is 1.09. The molecule has 0 spiro atoms. The van der Waals surface area contributed by atoms with Crippen molar-refractivity contribution in [2.45, 2.75) is 0 Å². The van der Waals surface area contributed by atoms with Crippen molar-refractivity contribution in [3.63, 3.8) is 0 Å². The van der Waals surface area contributed by atoms with E-state index in [9.17, 15) is 14.4 Å². The highest BCUT2D eigenvalue weighted by atomic mass is 16.5. The monoisotopic (exact) mass is 208 g/mol. The van der Waals surface area contributed by atoms with Crippen LogP contribution in [0.25, 0.3) is 0 Å². The Hall–Kier alpha value is -2.17. The molecule has 78 valence electrons. The minimum atomic E-state index is -1.26. The Morgan fingerprint density at radius 1 is 1.40 bits per heavy atom. The van der Waals surface area contributed by atoms with Crippen LogP contribution in [0.1, 0.15) is 31.1 Å². The average Bonchev–Trinajstić information content (AvgIpc) is 2.27. The quantitative estimate of drug-likeness (QED) is 0.591. The van der Waals surface area contributed by atoms with E-state index < -0.39 is 11.9 Å². The minimum Gasteiger partial charge on any atom is -0.478 e. The third-order valence-electron chi connectivity index (χ3n) is 1.83. The number of carboxylic acids is 1. The Morgan fingerprint density at radius 3 is 2.53 bits per heavy atom. The van der Waals surface area contributed by atoms with Gasteiger partial charge < -0.3 is 9.84 Å². The second kappa shape index (κ2) is 4.36. The summed E-state index contributed by atoms with van der Waals surface area (Å²) in [7, 11) is 1.19. The van der Waals surface area contributed by atoms with E-state index in [1.807, 2.05) is 0 Å². The molecule has 1 aromatic rings. The summed E-state index contributed by atoms with van der Waals surface area (Å²) in [5.41, 5.74) is -0.0939. The van der Waals surface area contributed by atoms with E-state index in [4.69, 9.17) is 5.11 Å². The van der Waals surface area contributed by atoms with Gasteiger partial charge >= 0.3 is 11.9 Å². The zero-order valence-corrected chi connectivity index (χ0v) is 7.89. The van der Waals surface area contributed by atoms with Crippen molar-refractivity contribution >= 4 is 18.2 Å². The first-order valence-corrected chi connectivity index (χ1v) is 4.01. The summed E-state index contributed by atoms with van der Waals surface area (Å²) in [6.45, 7) is 0. The molecule has 0 amide bonds. The summed E-state index contributed by atoms with van der Waals surface area (Å²) in [6.07, 6.45) is 0.421. The molecule has 15 heavy (non-hydrogen) atoms. The van der Waals surface area contributed by atoms with E-state index >= 15 is 0 Å². The third-order valence-corrected chi connectivity index (χ3v) is 1.83. The molecule has 0 aliphatic carbocycles. The van der Waals surface area contributed by atoms with Crippen LogP contribution in [0.4, 0.5) is 0 Å². The molecule has 0 saturated carbocycles. The van der Waals surface area contributed by atoms with Crippen molar-refractivity contribution in [1.29, 1.82) is 0 Å². The molecule has 0 heterocycles. The van der Waals surface area contributed by atoms with Crippen LogP contribution >= 0.6 is 0 Å². The van der Waals surface area contributed by atoms with E-state index in [1.165, 1.54) is 19.2 Å². The van der Waals surface area contributed by atoms with Crippen molar-refractivity contribution < 1.29 is 24.2 Å². The van der Waals surface area contributed by atoms with Gasteiger partial charge in [-0.25, -0.2) is 9.59 Å². The zero-order chi connectivity index (χ0) is 11.4. The lowest BCUT2D eigenvalue weighted by Gasteiger charge is -2.02. The summed E-state index contributed by atoms with van der Waals surface area (Å²) in [5.74, 6) is -1.90. The molecule has 5 nitrogen and oxygen atoms in total. The molecule has 0 bridgehead atoms. The van der Waals surface area contributed by atoms with Gasteiger partial charge in [-0.15, -0.1) is 0 Å². The summed E-state index contributed by atoms with van der Waals surface area (Å²) in [5, 5.41) is 8.76. The Labute approximate surface area is 85.3 Å². The normalized spacial score (nSPS) is 9.40. The number of rotatable bonds is 3. The minimum absolute atomic E-state index is 0.0233. The summed E-state index contributed by atoms with van der Waals surface area (Å²) < 4.78 is 4.42. The van der Waals surface area contributed by atoms with Crippen molar-refractivity contribution in [2.75, 3.05) is 7.11 Å². The number of carbonyl (C=O) groups excluding carboxylic acids is 2. The molecule has 0 fully saturated rings. The van der Waals surface area contributed by atoms with Crippen LogP contribution in [0.2, 0.25) is 0 Å².